The van der Waals surface area contributed by atoms with Crippen LogP contribution in [0.25, 0.3) is 0 Å². The highest BCUT2D eigenvalue weighted by molar-refractivity contribution is 5.95. The van der Waals surface area contributed by atoms with Gasteiger partial charge >= 0.3 is 0 Å². The van der Waals surface area contributed by atoms with E-state index in [0.29, 0.717) is 31.1 Å². The molecule has 0 fully saturated rings. The van der Waals surface area contributed by atoms with Crippen LogP contribution >= 0.6 is 0 Å². The summed E-state index contributed by atoms with van der Waals surface area (Å²) in [7, 11) is 4.93. The Kier molecular flexibility index (Phi) is 7.42. The number of ether oxygens (including phenoxy) is 2. The molecule has 0 aliphatic carbocycles. The number of hydrogen-bond acceptors (Lipinski definition) is 6. The smallest absolute Gasteiger partial charge is 0.251 e. The van der Waals surface area contributed by atoms with Crippen LogP contribution < -0.4 is 25.6 Å². The van der Waals surface area contributed by atoms with Gasteiger partial charge in [-0.05, 0) is 18.2 Å². The second-order valence-electron chi connectivity index (χ2n) is 6.16. The SMILES string of the molecule is CNC(=O)CNC(=O)CC1COc2ccc(C(=O)NCCOC)cc2N1C. The lowest BCUT2D eigenvalue weighted by atomic mass is 10.1. The largest absolute Gasteiger partial charge is 0.489 e. The van der Waals surface area contributed by atoms with E-state index in [1.54, 1.807) is 25.3 Å². The van der Waals surface area contributed by atoms with Crippen LogP contribution in [0.15, 0.2) is 18.2 Å². The van der Waals surface area contributed by atoms with Crippen LogP contribution in [0.4, 0.5) is 5.69 Å². The molecule has 148 valence electrons. The van der Waals surface area contributed by atoms with Crippen molar-refractivity contribution in [2.24, 2.45) is 0 Å². The molecule has 27 heavy (non-hydrogen) atoms. The highest BCUT2D eigenvalue weighted by atomic mass is 16.5. The first kappa shape index (κ1) is 20.5. The summed E-state index contributed by atoms with van der Waals surface area (Å²) in [5.74, 6) is -0.0383. The van der Waals surface area contributed by atoms with Gasteiger partial charge in [0, 0.05) is 33.3 Å². The maximum atomic E-state index is 12.2. The number of hydrogen-bond donors (Lipinski definition) is 3. The Bertz CT molecular complexity index is 694. The summed E-state index contributed by atoms with van der Waals surface area (Å²) in [6.45, 7) is 1.14. The Morgan fingerprint density at radius 2 is 2.04 bits per heavy atom. The van der Waals surface area contributed by atoms with Crippen molar-refractivity contribution in [2.75, 3.05) is 52.4 Å². The molecule has 1 aliphatic rings. The first-order chi connectivity index (χ1) is 13.0. The van der Waals surface area contributed by atoms with Gasteiger partial charge in [-0.15, -0.1) is 0 Å². The first-order valence-corrected chi connectivity index (χ1v) is 8.70. The predicted molar refractivity (Wildman–Crippen MR) is 100 cm³/mol. The van der Waals surface area contributed by atoms with Gasteiger partial charge < -0.3 is 30.3 Å². The monoisotopic (exact) mass is 378 g/mol. The summed E-state index contributed by atoms with van der Waals surface area (Å²) in [5.41, 5.74) is 1.25. The fraction of sp³-hybridized carbons (Fsp3) is 0.500. The highest BCUT2D eigenvalue weighted by Gasteiger charge is 2.27. The maximum Gasteiger partial charge on any atom is 0.251 e. The van der Waals surface area contributed by atoms with E-state index < -0.39 is 0 Å². The molecule has 2 rings (SSSR count). The van der Waals surface area contributed by atoms with Crippen molar-refractivity contribution >= 4 is 23.4 Å². The Labute approximate surface area is 158 Å². The summed E-state index contributed by atoms with van der Waals surface area (Å²) in [5, 5.41) is 7.79. The fourth-order valence-corrected chi connectivity index (χ4v) is 2.67. The number of rotatable bonds is 8. The minimum absolute atomic E-state index is 0.0605. The van der Waals surface area contributed by atoms with Gasteiger partial charge in [0.2, 0.25) is 11.8 Å². The van der Waals surface area contributed by atoms with E-state index in [2.05, 4.69) is 16.0 Å². The molecule has 3 N–H and O–H groups in total. The van der Waals surface area contributed by atoms with Gasteiger partial charge in [-0.3, -0.25) is 14.4 Å². The van der Waals surface area contributed by atoms with Gasteiger partial charge in [-0.25, -0.2) is 0 Å². The number of fused-ring (bicyclic) bond motifs is 1. The number of anilines is 1. The molecular formula is C18H26N4O5. The van der Waals surface area contributed by atoms with E-state index in [9.17, 15) is 14.4 Å². The van der Waals surface area contributed by atoms with Crippen molar-refractivity contribution in [3.63, 3.8) is 0 Å². The van der Waals surface area contributed by atoms with Crippen LogP contribution in [0.2, 0.25) is 0 Å². The van der Waals surface area contributed by atoms with E-state index in [0.717, 1.165) is 5.69 Å². The molecule has 1 unspecified atom stereocenters. The van der Waals surface area contributed by atoms with Crippen molar-refractivity contribution in [1.29, 1.82) is 0 Å². The van der Waals surface area contributed by atoms with Gasteiger partial charge in [0.15, 0.2) is 0 Å². The molecule has 0 spiro atoms. The zero-order valence-electron chi connectivity index (χ0n) is 15.8. The molecule has 9 heteroatoms. The van der Waals surface area contributed by atoms with E-state index >= 15 is 0 Å². The lowest BCUT2D eigenvalue weighted by Crippen LogP contribution is -2.45. The van der Waals surface area contributed by atoms with Gasteiger partial charge in [-0.1, -0.05) is 0 Å². The number of nitrogens with zero attached hydrogens (tertiary/aromatic N) is 1. The second kappa shape index (κ2) is 9.77. The van der Waals surface area contributed by atoms with Crippen LogP contribution in [-0.2, 0) is 14.3 Å². The molecule has 0 aromatic heterocycles. The van der Waals surface area contributed by atoms with Crippen molar-refractivity contribution in [3.05, 3.63) is 23.8 Å². The molecule has 9 nitrogen and oxygen atoms in total. The zero-order valence-corrected chi connectivity index (χ0v) is 15.8. The number of amides is 3. The molecule has 3 amide bonds. The van der Waals surface area contributed by atoms with Crippen LogP contribution in [0.5, 0.6) is 5.75 Å². The molecule has 0 saturated heterocycles. The van der Waals surface area contributed by atoms with Crippen molar-refractivity contribution in [1.82, 2.24) is 16.0 Å². The number of likely N-dealkylation sites (N-methyl/N-ethyl adjacent to an activating group) is 2. The van der Waals surface area contributed by atoms with E-state index in [4.69, 9.17) is 9.47 Å². The normalized spacial score (nSPS) is 15.4. The highest BCUT2D eigenvalue weighted by Crippen LogP contribution is 2.34. The zero-order chi connectivity index (χ0) is 19.8. The summed E-state index contributed by atoms with van der Waals surface area (Å²) in [4.78, 5) is 37.4. The quantitative estimate of drug-likeness (QED) is 0.527. The van der Waals surface area contributed by atoms with E-state index in [1.807, 2.05) is 11.9 Å². The van der Waals surface area contributed by atoms with Crippen LogP contribution in [0.1, 0.15) is 16.8 Å². The van der Waals surface area contributed by atoms with Gasteiger partial charge in [0.05, 0.1) is 31.3 Å². The summed E-state index contributed by atoms with van der Waals surface area (Å²) < 4.78 is 10.7. The third-order valence-corrected chi connectivity index (χ3v) is 4.32. The Balaban J connectivity index is 2.01. The molecule has 1 aromatic rings. The number of benzene rings is 1. The van der Waals surface area contributed by atoms with Crippen LogP contribution in [0, 0.1) is 0 Å². The van der Waals surface area contributed by atoms with Crippen molar-refractivity contribution in [2.45, 2.75) is 12.5 Å². The molecule has 0 bridgehead atoms. The third kappa shape index (κ3) is 5.58. The molecule has 1 heterocycles. The molecule has 1 aliphatic heterocycles. The molecule has 1 aromatic carbocycles. The summed E-state index contributed by atoms with van der Waals surface area (Å²) >= 11 is 0. The minimum atomic E-state index is -0.258. The average Bonchev–Trinajstić information content (AvgIpc) is 2.68. The Hall–Kier alpha value is -2.81. The minimum Gasteiger partial charge on any atom is -0.489 e. The van der Waals surface area contributed by atoms with Gasteiger partial charge in [-0.2, -0.15) is 0 Å². The van der Waals surface area contributed by atoms with Gasteiger partial charge in [0.25, 0.3) is 5.91 Å². The number of methoxy groups -OCH3 is 1. The molecule has 0 saturated carbocycles. The Morgan fingerprint density at radius 3 is 2.74 bits per heavy atom. The topological polar surface area (TPSA) is 109 Å². The van der Waals surface area contributed by atoms with E-state index in [1.165, 1.54) is 7.05 Å². The summed E-state index contributed by atoms with van der Waals surface area (Å²) in [6.07, 6.45) is 0.178. The lowest BCUT2D eigenvalue weighted by molar-refractivity contribution is -0.126. The molecule has 1 atom stereocenters. The first-order valence-electron chi connectivity index (χ1n) is 8.70. The molecular weight excluding hydrogens is 352 g/mol. The average molecular weight is 378 g/mol. The standard InChI is InChI=1S/C18H26N4O5/c1-19-17(24)10-21-16(23)9-13-11-27-15-5-4-12(8-14(15)22(13)2)18(25)20-6-7-26-3/h4-5,8,13H,6-7,9-11H2,1-3H3,(H,19,24)(H,20,25)(H,21,23). The van der Waals surface area contributed by atoms with Gasteiger partial charge in [0.1, 0.15) is 12.4 Å². The van der Waals surface area contributed by atoms with Crippen molar-refractivity contribution in [3.8, 4) is 5.75 Å². The van der Waals surface area contributed by atoms with Crippen LogP contribution in [0.3, 0.4) is 0 Å². The third-order valence-electron chi connectivity index (χ3n) is 4.32. The number of carbonyl (C=O) groups excluding carboxylic acids is 3. The number of nitrogens with one attached hydrogen (secondary N) is 3. The van der Waals surface area contributed by atoms with E-state index in [-0.39, 0.29) is 36.7 Å². The lowest BCUT2D eigenvalue weighted by Gasteiger charge is -2.35. The maximum absolute atomic E-state index is 12.2. The van der Waals surface area contributed by atoms with Crippen molar-refractivity contribution < 1.29 is 23.9 Å². The molecule has 0 radical (unpaired) electrons. The predicted octanol–water partition coefficient (Wildman–Crippen LogP) is -0.488. The van der Waals surface area contributed by atoms with Crippen LogP contribution in [-0.4, -0.2) is 71.3 Å². The number of carbonyl (C=O) groups is 3. The fourth-order valence-electron chi connectivity index (χ4n) is 2.67. The second-order valence-corrected chi connectivity index (χ2v) is 6.16. The summed E-state index contributed by atoms with van der Waals surface area (Å²) in [6, 6.07) is 4.99. The Morgan fingerprint density at radius 1 is 1.26 bits per heavy atom.